The molecule has 6 rings (SSSR count). The first-order valence-corrected chi connectivity index (χ1v) is 10.6. The number of nitrogens with zero attached hydrogens (tertiary/aromatic N) is 6. The highest BCUT2D eigenvalue weighted by Crippen LogP contribution is 2.34. The summed E-state index contributed by atoms with van der Waals surface area (Å²) in [6, 6.07) is 10.8. The molecule has 5 heterocycles. The third-order valence-corrected chi connectivity index (χ3v) is 5.78. The second kappa shape index (κ2) is 7.73. The molecule has 8 nitrogen and oxygen atoms in total. The van der Waals surface area contributed by atoms with Gasteiger partial charge in [0.15, 0.2) is 5.82 Å². The number of nitrogens with one attached hydrogen (secondary N) is 2. The van der Waals surface area contributed by atoms with E-state index < -0.39 is 0 Å². The highest BCUT2D eigenvalue weighted by Gasteiger charge is 2.18. The van der Waals surface area contributed by atoms with Crippen LogP contribution in [0.25, 0.3) is 55.8 Å². The van der Waals surface area contributed by atoms with Crippen molar-refractivity contribution < 1.29 is 4.39 Å². The van der Waals surface area contributed by atoms with Gasteiger partial charge < -0.3 is 9.88 Å². The van der Waals surface area contributed by atoms with Gasteiger partial charge in [0.1, 0.15) is 17.0 Å². The van der Waals surface area contributed by atoms with E-state index in [2.05, 4.69) is 30.1 Å². The quantitative estimate of drug-likeness (QED) is 0.399. The van der Waals surface area contributed by atoms with Gasteiger partial charge in [0.05, 0.1) is 28.6 Å². The molecule has 0 saturated heterocycles. The van der Waals surface area contributed by atoms with Gasteiger partial charge in [-0.25, -0.2) is 9.37 Å². The molecule has 0 atom stereocenters. The van der Waals surface area contributed by atoms with Crippen molar-refractivity contribution >= 4 is 27.6 Å². The van der Waals surface area contributed by atoms with Crippen molar-refractivity contribution in [2.45, 2.75) is 0 Å². The van der Waals surface area contributed by atoms with Gasteiger partial charge in [-0.1, -0.05) is 0 Å². The number of imidazole rings is 1. The number of anilines is 1. The number of H-pyrrole nitrogens is 2. The molecular formula is C25H19FN8. The number of aromatic amines is 2. The molecule has 5 aromatic heterocycles. The number of fused-ring (bicyclic) bond motifs is 2. The van der Waals surface area contributed by atoms with Gasteiger partial charge in [0, 0.05) is 67.0 Å². The number of hydrogen-bond acceptors (Lipinski definition) is 6. The number of aromatic nitrogens is 7. The van der Waals surface area contributed by atoms with E-state index >= 15 is 4.39 Å². The predicted molar refractivity (Wildman–Crippen MR) is 130 cm³/mol. The fourth-order valence-electron chi connectivity index (χ4n) is 4.03. The summed E-state index contributed by atoms with van der Waals surface area (Å²) in [6.07, 6.45) is 8.58. The Hall–Kier alpha value is -4.66. The van der Waals surface area contributed by atoms with Crippen molar-refractivity contribution in [2.24, 2.45) is 0 Å². The molecule has 6 aromatic rings. The Balaban J connectivity index is 1.51. The number of benzene rings is 1. The Morgan fingerprint density at radius 3 is 2.53 bits per heavy atom. The zero-order chi connectivity index (χ0) is 23.2. The number of halogens is 1. The number of pyridine rings is 3. The monoisotopic (exact) mass is 450 g/mol. The van der Waals surface area contributed by atoms with Crippen LogP contribution in [0.1, 0.15) is 0 Å². The molecule has 166 valence electrons. The Labute approximate surface area is 193 Å². The predicted octanol–water partition coefficient (Wildman–Crippen LogP) is 4.83. The molecule has 1 aromatic carbocycles. The smallest absolute Gasteiger partial charge is 0.159 e. The van der Waals surface area contributed by atoms with Crippen molar-refractivity contribution in [3.8, 4) is 33.9 Å². The minimum atomic E-state index is -0.353. The Kier molecular flexibility index (Phi) is 4.54. The Morgan fingerprint density at radius 2 is 1.71 bits per heavy atom. The molecule has 0 spiro atoms. The van der Waals surface area contributed by atoms with E-state index in [1.165, 1.54) is 6.07 Å². The van der Waals surface area contributed by atoms with Crippen LogP contribution < -0.4 is 4.90 Å². The van der Waals surface area contributed by atoms with Gasteiger partial charge in [-0.3, -0.25) is 20.1 Å². The average molecular weight is 450 g/mol. The van der Waals surface area contributed by atoms with E-state index in [-0.39, 0.29) is 5.82 Å². The van der Waals surface area contributed by atoms with E-state index in [0.29, 0.717) is 28.2 Å². The summed E-state index contributed by atoms with van der Waals surface area (Å²) in [5, 5.41) is 8.13. The molecule has 34 heavy (non-hydrogen) atoms. The lowest BCUT2D eigenvalue weighted by Crippen LogP contribution is -2.08. The van der Waals surface area contributed by atoms with Gasteiger partial charge in [-0.2, -0.15) is 5.10 Å². The van der Waals surface area contributed by atoms with E-state index in [0.717, 1.165) is 33.4 Å². The van der Waals surface area contributed by atoms with Gasteiger partial charge >= 0.3 is 0 Å². The molecule has 0 amide bonds. The fourth-order valence-corrected chi connectivity index (χ4v) is 4.03. The Bertz CT molecular complexity index is 1650. The van der Waals surface area contributed by atoms with Crippen molar-refractivity contribution in [3.63, 3.8) is 0 Å². The molecule has 9 heteroatoms. The van der Waals surface area contributed by atoms with Crippen LogP contribution in [0.3, 0.4) is 0 Å². The van der Waals surface area contributed by atoms with E-state index in [9.17, 15) is 0 Å². The van der Waals surface area contributed by atoms with Gasteiger partial charge in [-0.15, -0.1) is 0 Å². The number of rotatable bonds is 4. The molecule has 0 saturated carbocycles. The third-order valence-electron chi connectivity index (χ3n) is 5.78. The number of hydrogen-bond donors (Lipinski definition) is 2. The molecule has 0 aliphatic heterocycles. The summed E-state index contributed by atoms with van der Waals surface area (Å²) in [5.41, 5.74) is 6.43. The summed E-state index contributed by atoms with van der Waals surface area (Å²) >= 11 is 0. The molecule has 0 aliphatic carbocycles. The van der Waals surface area contributed by atoms with Crippen LogP contribution in [0, 0.1) is 5.82 Å². The van der Waals surface area contributed by atoms with Gasteiger partial charge in [0.25, 0.3) is 0 Å². The van der Waals surface area contributed by atoms with E-state index in [1.54, 1.807) is 37.1 Å². The highest BCUT2D eigenvalue weighted by molar-refractivity contribution is 5.97. The zero-order valence-corrected chi connectivity index (χ0v) is 18.4. The second-order valence-electron chi connectivity index (χ2n) is 8.15. The molecule has 2 N–H and O–H groups in total. The van der Waals surface area contributed by atoms with Crippen molar-refractivity contribution in [3.05, 3.63) is 73.2 Å². The van der Waals surface area contributed by atoms with Crippen LogP contribution in [-0.2, 0) is 0 Å². The first kappa shape index (κ1) is 20.0. The zero-order valence-electron chi connectivity index (χ0n) is 18.4. The van der Waals surface area contributed by atoms with Gasteiger partial charge in [-0.05, 0) is 30.3 Å². The van der Waals surface area contributed by atoms with Crippen LogP contribution in [0.4, 0.5) is 10.1 Å². The third kappa shape index (κ3) is 3.25. The fraction of sp³-hybridized carbons (Fsp3) is 0.0800. The van der Waals surface area contributed by atoms with Crippen molar-refractivity contribution in [1.82, 2.24) is 35.1 Å². The lowest BCUT2D eigenvalue weighted by atomic mass is 10.0. The maximum atomic E-state index is 15.0. The Morgan fingerprint density at radius 1 is 0.853 bits per heavy atom. The second-order valence-corrected chi connectivity index (χ2v) is 8.15. The summed E-state index contributed by atoms with van der Waals surface area (Å²) < 4.78 is 15.0. The molecule has 0 unspecified atom stereocenters. The van der Waals surface area contributed by atoms with Crippen LogP contribution in [-0.4, -0.2) is 49.2 Å². The highest BCUT2D eigenvalue weighted by atomic mass is 19.1. The largest absolute Gasteiger partial charge is 0.376 e. The van der Waals surface area contributed by atoms with Gasteiger partial charge in [0.2, 0.25) is 0 Å². The lowest BCUT2D eigenvalue weighted by Gasteiger charge is -2.13. The van der Waals surface area contributed by atoms with Crippen molar-refractivity contribution in [1.29, 1.82) is 0 Å². The summed E-state index contributed by atoms with van der Waals surface area (Å²) in [6.45, 7) is 0. The van der Waals surface area contributed by atoms with E-state index in [1.807, 2.05) is 43.3 Å². The van der Waals surface area contributed by atoms with Crippen LogP contribution in [0.5, 0.6) is 0 Å². The van der Waals surface area contributed by atoms with Crippen LogP contribution in [0.15, 0.2) is 67.4 Å². The van der Waals surface area contributed by atoms with E-state index in [4.69, 9.17) is 4.98 Å². The normalized spacial score (nSPS) is 11.4. The minimum Gasteiger partial charge on any atom is -0.376 e. The average Bonchev–Trinajstić information content (AvgIpc) is 3.47. The maximum absolute atomic E-state index is 15.0. The lowest BCUT2D eigenvalue weighted by molar-refractivity contribution is 0.632. The first-order valence-electron chi connectivity index (χ1n) is 10.6. The molecular weight excluding hydrogens is 431 g/mol. The molecule has 0 radical (unpaired) electrons. The standard InChI is InChI=1S/C25H19FN8/c1-34(2)16-9-15(12-28-13-16)17-10-18-21(11-19(17)26)32-33-23(18)25-30-20-5-8-29-22(24(20)31-25)14-3-6-27-7-4-14/h3-13H,1-2H3,(H,30,31)(H,32,33). The summed E-state index contributed by atoms with van der Waals surface area (Å²) in [5.74, 6) is 0.219. The van der Waals surface area contributed by atoms with Crippen LogP contribution >= 0.6 is 0 Å². The topological polar surface area (TPSA) is 99.3 Å². The molecule has 0 fully saturated rings. The summed E-state index contributed by atoms with van der Waals surface area (Å²) in [7, 11) is 3.84. The maximum Gasteiger partial charge on any atom is 0.159 e. The molecule has 0 bridgehead atoms. The first-order chi connectivity index (χ1) is 16.6. The van der Waals surface area contributed by atoms with Crippen LogP contribution in [0.2, 0.25) is 0 Å². The minimum absolute atomic E-state index is 0.353. The summed E-state index contributed by atoms with van der Waals surface area (Å²) in [4.78, 5) is 23.0. The molecule has 0 aliphatic rings. The van der Waals surface area contributed by atoms with Crippen molar-refractivity contribution in [2.75, 3.05) is 19.0 Å². The SMILES string of the molecule is CN(C)c1cncc(-c2cc3c(-c4nc5c(-c6ccncc6)nccc5[nH]4)n[nH]c3cc2F)c1.